The summed E-state index contributed by atoms with van der Waals surface area (Å²) in [5.74, 6) is -0.0753. The third-order valence-electron chi connectivity index (χ3n) is 4.70. The second-order valence-electron chi connectivity index (χ2n) is 6.34. The number of hydrogen-bond acceptors (Lipinski definition) is 3. The molecule has 1 N–H and O–H groups in total. The fraction of sp³-hybridized carbons (Fsp3) is 0.588. The Morgan fingerprint density at radius 1 is 1.08 bits per heavy atom. The predicted octanol–water partition coefficient (Wildman–Crippen LogP) is 2.27. The van der Waals surface area contributed by atoms with Crippen molar-refractivity contribution in [2.45, 2.75) is 25.1 Å². The zero-order valence-electron chi connectivity index (χ0n) is 13.5. The maximum absolute atomic E-state index is 13.1. The molecule has 0 bridgehead atoms. The monoisotopic (exact) mass is 341 g/mol. The van der Waals surface area contributed by atoms with E-state index in [1.807, 2.05) is 4.90 Å². The minimum absolute atomic E-state index is 0.0753. The molecule has 1 aromatic rings. The number of nitrogens with zero attached hydrogens (tertiary/aromatic N) is 2. The number of piperazine rings is 1. The topological polar surface area (TPSA) is 35.6 Å². The highest BCUT2D eigenvalue weighted by atomic mass is 19.4. The number of likely N-dealkylation sites (tertiary alicyclic amines) is 1. The van der Waals surface area contributed by atoms with E-state index < -0.39 is 17.8 Å². The lowest BCUT2D eigenvalue weighted by atomic mass is 10.00. The highest BCUT2D eigenvalue weighted by Gasteiger charge is 2.36. The zero-order valence-corrected chi connectivity index (χ0v) is 13.5. The molecule has 2 fully saturated rings. The van der Waals surface area contributed by atoms with E-state index in [4.69, 9.17) is 0 Å². The molecule has 1 aromatic carbocycles. The van der Waals surface area contributed by atoms with Gasteiger partial charge in [-0.25, -0.2) is 0 Å². The molecule has 1 atom stereocenters. The molecule has 1 unspecified atom stereocenters. The molecule has 2 saturated heterocycles. The van der Waals surface area contributed by atoms with Crippen molar-refractivity contribution in [2.24, 2.45) is 0 Å². The molecule has 7 heteroatoms. The van der Waals surface area contributed by atoms with E-state index in [2.05, 4.69) is 5.32 Å². The quantitative estimate of drug-likeness (QED) is 0.916. The third kappa shape index (κ3) is 3.72. The molecule has 1 amide bonds. The van der Waals surface area contributed by atoms with Crippen LogP contribution in [0, 0.1) is 0 Å². The summed E-state index contributed by atoms with van der Waals surface area (Å²) < 4.78 is 39.2. The van der Waals surface area contributed by atoms with Gasteiger partial charge < -0.3 is 10.2 Å². The minimum Gasteiger partial charge on any atom is -0.341 e. The number of carbonyl (C=O) groups excluding carboxylic acids is 1. The standard InChI is InChI=1S/C17H22F3N3O/c18-17(19,20)14-5-3-4-13(12-14)15(22-10-6-21-7-11-22)16(24)23-8-1-2-9-23/h3-5,12,15,21H,1-2,6-11H2. The van der Waals surface area contributed by atoms with Crippen molar-refractivity contribution >= 4 is 5.91 Å². The summed E-state index contributed by atoms with van der Waals surface area (Å²) in [5, 5.41) is 3.22. The van der Waals surface area contributed by atoms with Crippen LogP contribution in [0.15, 0.2) is 24.3 Å². The Labute approximate surface area is 139 Å². The summed E-state index contributed by atoms with van der Waals surface area (Å²) >= 11 is 0. The van der Waals surface area contributed by atoms with Crippen molar-refractivity contribution < 1.29 is 18.0 Å². The summed E-state index contributed by atoms with van der Waals surface area (Å²) in [6.45, 7) is 4.17. The van der Waals surface area contributed by atoms with Crippen molar-refractivity contribution in [1.82, 2.24) is 15.1 Å². The number of benzene rings is 1. The van der Waals surface area contributed by atoms with E-state index >= 15 is 0 Å². The summed E-state index contributed by atoms with van der Waals surface area (Å²) in [6.07, 6.45) is -2.48. The molecule has 0 saturated carbocycles. The van der Waals surface area contributed by atoms with Gasteiger partial charge >= 0.3 is 6.18 Å². The Morgan fingerprint density at radius 2 is 1.75 bits per heavy atom. The van der Waals surface area contributed by atoms with Crippen molar-refractivity contribution in [3.63, 3.8) is 0 Å². The van der Waals surface area contributed by atoms with Gasteiger partial charge in [-0.15, -0.1) is 0 Å². The van der Waals surface area contributed by atoms with Crippen molar-refractivity contribution in [2.75, 3.05) is 39.3 Å². The Hall–Kier alpha value is -1.60. The van der Waals surface area contributed by atoms with Crippen LogP contribution in [-0.2, 0) is 11.0 Å². The number of amides is 1. The van der Waals surface area contributed by atoms with Gasteiger partial charge in [0.1, 0.15) is 6.04 Å². The first-order valence-corrected chi connectivity index (χ1v) is 8.37. The predicted molar refractivity (Wildman–Crippen MR) is 84.4 cm³/mol. The Bertz CT molecular complexity index is 579. The molecule has 4 nitrogen and oxygen atoms in total. The number of halogens is 3. The van der Waals surface area contributed by atoms with Crippen LogP contribution in [0.4, 0.5) is 13.2 Å². The average Bonchev–Trinajstić information content (AvgIpc) is 3.10. The third-order valence-corrected chi connectivity index (χ3v) is 4.70. The molecular formula is C17H22F3N3O. The van der Waals surface area contributed by atoms with Gasteiger partial charge in [0.15, 0.2) is 0 Å². The summed E-state index contributed by atoms with van der Waals surface area (Å²) in [6, 6.07) is 4.58. The van der Waals surface area contributed by atoms with Crippen LogP contribution in [0.25, 0.3) is 0 Å². The minimum atomic E-state index is -4.40. The van der Waals surface area contributed by atoms with Gasteiger partial charge in [-0.05, 0) is 30.5 Å². The van der Waals surface area contributed by atoms with E-state index in [1.165, 1.54) is 6.07 Å². The molecule has 2 heterocycles. The summed E-state index contributed by atoms with van der Waals surface area (Å²) in [4.78, 5) is 16.8. The Balaban J connectivity index is 1.92. The van der Waals surface area contributed by atoms with Gasteiger partial charge in [0, 0.05) is 39.3 Å². The van der Waals surface area contributed by atoms with Gasteiger partial charge in [0.05, 0.1) is 5.56 Å². The fourth-order valence-corrected chi connectivity index (χ4v) is 3.45. The van der Waals surface area contributed by atoms with E-state index in [-0.39, 0.29) is 5.91 Å². The first-order chi connectivity index (χ1) is 11.5. The lowest BCUT2D eigenvalue weighted by Gasteiger charge is -2.36. The van der Waals surface area contributed by atoms with Crippen LogP contribution >= 0.6 is 0 Å². The van der Waals surface area contributed by atoms with Gasteiger partial charge in [0.2, 0.25) is 5.91 Å². The SMILES string of the molecule is O=C(C(c1cccc(C(F)(F)F)c1)N1CCNCC1)N1CCCC1. The largest absolute Gasteiger partial charge is 0.416 e. The summed E-state index contributed by atoms with van der Waals surface area (Å²) in [5.41, 5.74) is -0.266. The van der Waals surface area contributed by atoms with Crippen LogP contribution in [0.1, 0.15) is 30.0 Å². The highest BCUT2D eigenvalue weighted by molar-refractivity contribution is 5.83. The maximum atomic E-state index is 13.1. The van der Waals surface area contributed by atoms with E-state index in [0.717, 1.165) is 38.1 Å². The number of alkyl halides is 3. The second kappa shape index (κ2) is 7.11. The van der Waals surface area contributed by atoms with Crippen molar-refractivity contribution in [1.29, 1.82) is 0 Å². The molecule has 0 aromatic heterocycles. The molecule has 24 heavy (non-hydrogen) atoms. The number of hydrogen-bond donors (Lipinski definition) is 1. The lowest BCUT2D eigenvalue weighted by molar-refractivity contribution is -0.139. The number of carbonyl (C=O) groups is 1. The van der Waals surface area contributed by atoms with E-state index in [0.29, 0.717) is 31.7 Å². The van der Waals surface area contributed by atoms with Crippen molar-refractivity contribution in [3.8, 4) is 0 Å². The molecule has 0 spiro atoms. The molecule has 2 aliphatic heterocycles. The molecule has 3 rings (SSSR count). The Morgan fingerprint density at radius 3 is 2.38 bits per heavy atom. The van der Waals surface area contributed by atoms with Gasteiger partial charge in [0.25, 0.3) is 0 Å². The molecule has 132 valence electrons. The molecule has 0 aliphatic carbocycles. The van der Waals surface area contributed by atoms with Crippen LogP contribution in [0.2, 0.25) is 0 Å². The van der Waals surface area contributed by atoms with Crippen molar-refractivity contribution in [3.05, 3.63) is 35.4 Å². The fourth-order valence-electron chi connectivity index (χ4n) is 3.45. The first-order valence-electron chi connectivity index (χ1n) is 8.37. The smallest absolute Gasteiger partial charge is 0.341 e. The van der Waals surface area contributed by atoms with E-state index in [9.17, 15) is 18.0 Å². The summed E-state index contributed by atoms with van der Waals surface area (Å²) in [7, 11) is 0. The van der Waals surface area contributed by atoms with Crippen LogP contribution in [-0.4, -0.2) is 55.0 Å². The van der Waals surface area contributed by atoms with Gasteiger partial charge in [-0.3, -0.25) is 9.69 Å². The van der Waals surface area contributed by atoms with E-state index in [1.54, 1.807) is 11.0 Å². The molecular weight excluding hydrogens is 319 g/mol. The Kier molecular flexibility index (Phi) is 5.10. The average molecular weight is 341 g/mol. The maximum Gasteiger partial charge on any atom is 0.416 e. The normalized spacial score (nSPS) is 21.0. The zero-order chi connectivity index (χ0) is 17.2. The first kappa shape index (κ1) is 17.2. The second-order valence-corrected chi connectivity index (χ2v) is 6.34. The molecule has 0 radical (unpaired) electrons. The van der Waals surface area contributed by atoms with Crippen LogP contribution < -0.4 is 5.32 Å². The molecule has 2 aliphatic rings. The van der Waals surface area contributed by atoms with Crippen LogP contribution in [0.5, 0.6) is 0 Å². The van der Waals surface area contributed by atoms with Gasteiger partial charge in [-0.2, -0.15) is 13.2 Å². The number of nitrogens with one attached hydrogen (secondary N) is 1. The van der Waals surface area contributed by atoms with Crippen LogP contribution in [0.3, 0.4) is 0 Å². The van der Waals surface area contributed by atoms with Gasteiger partial charge in [-0.1, -0.05) is 12.1 Å². The lowest BCUT2D eigenvalue weighted by Crippen LogP contribution is -2.50. The highest BCUT2D eigenvalue weighted by Crippen LogP contribution is 2.33. The number of rotatable bonds is 3.